The van der Waals surface area contributed by atoms with E-state index in [4.69, 9.17) is 5.11 Å². The molecule has 1 aliphatic heterocycles. The molecule has 2 aromatic rings. The third-order valence-electron chi connectivity index (χ3n) is 3.84. The van der Waals surface area contributed by atoms with Gasteiger partial charge >= 0.3 is 5.97 Å². The van der Waals surface area contributed by atoms with E-state index in [2.05, 4.69) is 6.07 Å². The summed E-state index contributed by atoms with van der Waals surface area (Å²) in [5.74, 6) is -1.80. The van der Waals surface area contributed by atoms with Crippen LogP contribution in [0.4, 0.5) is 4.79 Å². The average molecular weight is 356 g/mol. The number of imide groups is 1. The van der Waals surface area contributed by atoms with E-state index in [1.54, 1.807) is 6.08 Å². The first-order valence-corrected chi connectivity index (χ1v) is 8.40. The van der Waals surface area contributed by atoms with Gasteiger partial charge < -0.3 is 9.67 Å². The van der Waals surface area contributed by atoms with E-state index >= 15 is 0 Å². The molecule has 6 nitrogen and oxygen atoms in total. The number of carboxylic acid groups (broad SMARTS) is 1. The molecule has 3 rings (SSSR count). The molecule has 0 unspecified atom stereocenters. The Bertz CT molecular complexity index is 914. The lowest BCUT2D eigenvalue weighted by molar-refractivity contribution is -0.140. The van der Waals surface area contributed by atoms with Crippen LogP contribution in [0.25, 0.3) is 11.8 Å². The van der Waals surface area contributed by atoms with Gasteiger partial charge in [0, 0.05) is 17.6 Å². The van der Waals surface area contributed by atoms with Crippen molar-refractivity contribution >= 4 is 35.0 Å². The molecule has 0 spiro atoms. The van der Waals surface area contributed by atoms with Gasteiger partial charge in [-0.3, -0.25) is 19.3 Å². The molecule has 2 heterocycles. The van der Waals surface area contributed by atoms with Crippen molar-refractivity contribution in [3.8, 4) is 5.69 Å². The third kappa shape index (κ3) is 3.36. The van der Waals surface area contributed by atoms with Crippen LogP contribution < -0.4 is 0 Å². The van der Waals surface area contributed by atoms with Crippen molar-refractivity contribution in [1.82, 2.24) is 9.47 Å². The fourth-order valence-corrected chi connectivity index (χ4v) is 3.54. The maximum atomic E-state index is 12.3. The Hall–Kier alpha value is -2.80. The van der Waals surface area contributed by atoms with E-state index in [9.17, 15) is 14.4 Å². The predicted molar refractivity (Wildman–Crippen MR) is 95.6 cm³/mol. The monoisotopic (exact) mass is 356 g/mol. The standard InChI is InChI=1S/C18H16N2O4S/c1-11-5-6-14(12(2)8-11)19-7-3-4-13(19)9-15-17(23)20(10-16(21)22)18(24)25-15/h3-9H,10H2,1-2H3,(H,21,22)/b15-9+. The summed E-state index contributed by atoms with van der Waals surface area (Å²) in [6, 6.07) is 9.77. The van der Waals surface area contributed by atoms with Crippen LogP contribution in [0.1, 0.15) is 16.8 Å². The Morgan fingerprint density at radius 2 is 2.00 bits per heavy atom. The van der Waals surface area contributed by atoms with E-state index in [1.807, 2.05) is 48.9 Å². The minimum absolute atomic E-state index is 0.218. The number of carbonyl (C=O) groups is 3. The molecule has 7 heteroatoms. The van der Waals surface area contributed by atoms with E-state index in [0.717, 1.165) is 39.2 Å². The second-order valence-electron chi connectivity index (χ2n) is 5.75. The number of aryl methyl sites for hydroxylation is 2. The highest BCUT2D eigenvalue weighted by atomic mass is 32.2. The number of hydrogen-bond acceptors (Lipinski definition) is 4. The summed E-state index contributed by atoms with van der Waals surface area (Å²) in [7, 11) is 0. The maximum Gasteiger partial charge on any atom is 0.323 e. The third-order valence-corrected chi connectivity index (χ3v) is 4.75. The van der Waals surface area contributed by atoms with Crippen LogP contribution in [0.5, 0.6) is 0 Å². The summed E-state index contributed by atoms with van der Waals surface area (Å²) >= 11 is 0.754. The minimum atomic E-state index is -1.22. The molecule has 0 saturated carbocycles. The van der Waals surface area contributed by atoms with Gasteiger partial charge in [0.05, 0.1) is 4.91 Å². The second-order valence-corrected chi connectivity index (χ2v) is 6.75. The van der Waals surface area contributed by atoms with Crippen molar-refractivity contribution < 1.29 is 19.5 Å². The van der Waals surface area contributed by atoms with Crippen LogP contribution in [-0.4, -0.2) is 38.2 Å². The van der Waals surface area contributed by atoms with Gasteiger partial charge in [0.2, 0.25) is 0 Å². The highest BCUT2D eigenvalue weighted by Gasteiger charge is 2.36. The molecule has 1 N–H and O–H groups in total. The van der Waals surface area contributed by atoms with Gasteiger partial charge in [0.1, 0.15) is 6.54 Å². The number of amides is 2. The van der Waals surface area contributed by atoms with E-state index in [1.165, 1.54) is 0 Å². The number of rotatable bonds is 4. The summed E-state index contributed by atoms with van der Waals surface area (Å²) in [6.07, 6.45) is 3.50. The lowest BCUT2D eigenvalue weighted by atomic mass is 10.1. The topological polar surface area (TPSA) is 79.6 Å². The second kappa shape index (κ2) is 6.60. The largest absolute Gasteiger partial charge is 0.480 e. The molecule has 2 amide bonds. The van der Waals surface area contributed by atoms with Crippen LogP contribution in [0.2, 0.25) is 0 Å². The predicted octanol–water partition coefficient (Wildman–Crippen LogP) is 3.22. The van der Waals surface area contributed by atoms with Gasteiger partial charge in [-0.1, -0.05) is 17.7 Å². The number of carbonyl (C=O) groups excluding carboxylic acids is 2. The lowest BCUT2D eigenvalue weighted by Gasteiger charge is -2.11. The SMILES string of the molecule is Cc1ccc(-n2cccc2/C=C2/SC(=O)N(CC(=O)O)C2=O)c(C)c1. The summed E-state index contributed by atoms with van der Waals surface area (Å²) < 4.78 is 1.93. The Labute approximate surface area is 148 Å². The van der Waals surface area contributed by atoms with Crippen molar-refractivity contribution in [3.05, 3.63) is 58.3 Å². The van der Waals surface area contributed by atoms with Crippen molar-refractivity contribution in [2.75, 3.05) is 6.54 Å². The van der Waals surface area contributed by atoms with Gasteiger partial charge in [-0.2, -0.15) is 0 Å². The zero-order valence-electron chi connectivity index (χ0n) is 13.7. The molecular formula is C18H16N2O4S. The zero-order chi connectivity index (χ0) is 18.1. The van der Waals surface area contributed by atoms with Gasteiger partial charge in [-0.25, -0.2) is 0 Å². The molecule has 0 radical (unpaired) electrons. The number of nitrogens with zero attached hydrogens (tertiary/aromatic N) is 2. The first kappa shape index (κ1) is 17.0. The van der Waals surface area contributed by atoms with Crippen molar-refractivity contribution in [1.29, 1.82) is 0 Å². The quantitative estimate of drug-likeness (QED) is 0.851. The molecule has 0 atom stereocenters. The Morgan fingerprint density at radius 3 is 2.68 bits per heavy atom. The Kier molecular flexibility index (Phi) is 4.50. The van der Waals surface area contributed by atoms with Crippen LogP contribution in [0.15, 0.2) is 41.4 Å². The normalized spacial score (nSPS) is 16.1. The average Bonchev–Trinajstić information content (AvgIpc) is 3.08. The van der Waals surface area contributed by atoms with Gasteiger partial charge in [-0.15, -0.1) is 0 Å². The van der Waals surface area contributed by atoms with Crippen molar-refractivity contribution in [3.63, 3.8) is 0 Å². The van der Waals surface area contributed by atoms with Gasteiger partial charge in [0.25, 0.3) is 11.1 Å². The van der Waals surface area contributed by atoms with E-state index in [0.29, 0.717) is 0 Å². The van der Waals surface area contributed by atoms with Crippen LogP contribution in [0.3, 0.4) is 0 Å². The van der Waals surface area contributed by atoms with Crippen LogP contribution in [0, 0.1) is 13.8 Å². The first-order valence-electron chi connectivity index (χ1n) is 7.59. The molecular weight excluding hydrogens is 340 g/mol. The van der Waals surface area contributed by atoms with Crippen LogP contribution >= 0.6 is 11.8 Å². The molecule has 1 fully saturated rings. The molecule has 1 aromatic heterocycles. The molecule has 0 bridgehead atoms. The molecule has 1 aromatic carbocycles. The number of carboxylic acids is 1. The fraction of sp³-hybridized carbons (Fsp3) is 0.167. The molecule has 25 heavy (non-hydrogen) atoms. The highest BCUT2D eigenvalue weighted by Crippen LogP contribution is 2.32. The summed E-state index contributed by atoms with van der Waals surface area (Å²) in [4.78, 5) is 35.9. The van der Waals surface area contributed by atoms with Crippen LogP contribution in [-0.2, 0) is 9.59 Å². The maximum absolute atomic E-state index is 12.3. The van der Waals surface area contributed by atoms with Gasteiger partial charge in [-0.05, 0) is 55.4 Å². The number of aromatic nitrogens is 1. The number of benzene rings is 1. The minimum Gasteiger partial charge on any atom is -0.480 e. The van der Waals surface area contributed by atoms with Crippen molar-refractivity contribution in [2.24, 2.45) is 0 Å². The molecule has 1 aliphatic rings. The summed E-state index contributed by atoms with van der Waals surface area (Å²) in [6.45, 7) is 3.40. The molecule has 128 valence electrons. The van der Waals surface area contributed by atoms with E-state index in [-0.39, 0.29) is 4.91 Å². The number of thioether (sulfide) groups is 1. The smallest absolute Gasteiger partial charge is 0.323 e. The number of hydrogen-bond donors (Lipinski definition) is 1. The Balaban J connectivity index is 1.96. The highest BCUT2D eigenvalue weighted by molar-refractivity contribution is 8.18. The van der Waals surface area contributed by atoms with Gasteiger partial charge in [0.15, 0.2) is 0 Å². The first-order chi connectivity index (χ1) is 11.9. The summed E-state index contributed by atoms with van der Waals surface area (Å²) in [5.41, 5.74) is 3.97. The fourth-order valence-electron chi connectivity index (χ4n) is 2.71. The zero-order valence-corrected chi connectivity index (χ0v) is 14.5. The van der Waals surface area contributed by atoms with E-state index < -0.39 is 23.7 Å². The summed E-state index contributed by atoms with van der Waals surface area (Å²) in [5, 5.41) is 8.25. The van der Waals surface area contributed by atoms with Crippen molar-refractivity contribution in [2.45, 2.75) is 13.8 Å². The Morgan fingerprint density at radius 1 is 1.24 bits per heavy atom. The lowest BCUT2D eigenvalue weighted by Crippen LogP contribution is -2.33. The number of aliphatic carboxylic acids is 1. The molecule has 0 aliphatic carbocycles. The molecule has 1 saturated heterocycles.